The van der Waals surface area contributed by atoms with Gasteiger partial charge in [-0.3, -0.25) is 29.7 Å². The van der Waals surface area contributed by atoms with Crippen LogP contribution in [0.15, 0.2) is 41.7 Å². The first-order valence-corrected chi connectivity index (χ1v) is 16.2. The lowest BCUT2D eigenvalue weighted by atomic mass is 10.2. The molecule has 1 saturated heterocycles. The number of benzene rings is 1. The fraction of sp³-hybridized carbons (Fsp3) is 0.517. The number of piperazine rings is 1. The molecule has 45 heavy (non-hydrogen) atoms. The minimum absolute atomic E-state index is 0.0860. The first-order valence-electron chi connectivity index (χ1n) is 14.7. The number of methoxy groups -OCH3 is 1. The first-order chi connectivity index (χ1) is 21.3. The first kappa shape index (κ1) is 32.5. The van der Waals surface area contributed by atoms with Gasteiger partial charge in [0, 0.05) is 44.8 Å². The van der Waals surface area contributed by atoms with Gasteiger partial charge in [0.05, 0.1) is 19.5 Å². The average Bonchev–Trinajstić information content (AvgIpc) is 3.60. The lowest BCUT2D eigenvalue weighted by Crippen LogP contribution is -2.48. The van der Waals surface area contributed by atoms with Crippen LogP contribution in [-0.4, -0.2) is 95.6 Å². The van der Waals surface area contributed by atoms with Crippen LogP contribution in [0.2, 0.25) is 0 Å². The zero-order chi connectivity index (χ0) is 32.5. The van der Waals surface area contributed by atoms with Gasteiger partial charge in [-0.1, -0.05) is 26.0 Å². The van der Waals surface area contributed by atoms with Crippen molar-refractivity contribution < 1.29 is 31.5 Å². The van der Waals surface area contributed by atoms with Gasteiger partial charge in [-0.2, -0.15) is 13.1 Å². The van der Waals surface area contributed by atoms with E-state index in [4.69, 9.17) is 4.74 Å². The van der Waals surface area contributed by atoms with Crippen molar-refractivity contribution in [1.29, 1.82) is 0 Å². The van der Waals surface area contributed by atoms with Gasteiger partial charge in [0.25, 0.3) is 10.0 Å². The highest BCUT2D eigenvalue weighted by Crippen LogP contribution is 2.45. The minimum atomic E-state index is -4.24. The molecule has 2 aromatic heterocycles. The highest BCUT2D eigenvalue weighted by Gasteiger charge is 2.50. The lowest BCUT2D eigenvalue weighted by molar-refractivity contribution is -0.132. The normalized spacial score (nSPS) is 16.9. The molecule has 3 aromatic rings. The van der Waals surface area contributed by atoms with E-state index in [1.54, 1.807) is 36.8 Å². The highest BCUT2D eigenvalue weighted by molar-refractivity contribution is 7.89. The summed E-state index contributed by atoms with van der Waals surface area (Å²) >= 11 is 0. The van der Waals surface area contributed by atoms with E-state index in [1.165, 1.54) is 21.1 Å². The topological polar surface area (TPSA) is 141 Å². The number of hydrogen-bond acceptors (Lipinski definition) is 9. The third-order valence-electron chi connectivity index (χ3n) is 8.09. The van der Waals surface area contributed by atoms with E-state index in [-0.39, 0.29) is 17.4 Å². The summed E-state index contributed by atoms with van der Waals surface area (Å²) in [5.74, 6) is -1.55. The number of ether oxygens (including phenoxy) is 1. The molecule has 0 unspecified atom stereocenters. The standard InChI is InChI=1S/C29H38F2N8O5S/c1-19(2)16-36-11-13-37(14-12-36)25-22-15-32-26(28(41)35-34-27(40)24(30)31)38(22)18-23(33-25)45(42,43)39(29(3)9-10-29)17-20-5-7-21(44-4)8-6-20/h5-8,15,18-19,24H,9-14,16-17H2,1-4H3,(H,34,40)(H,35,41). The van der Waals surface area contributed by atoms with E-state index in [0.29, 0.717) is 48.9 Å². The summed E-state index contributed by atoms with van der Waals surface area (Å²) in [6, 6.07) is 7.13. The van der Waals surface area contributed by atoms with Gasteiger partial charge in [0.1, 0.15) is 11.3 Å². The van der Waals surface area contributed by atoms with E-state index >= 15 is 0 Å². The molecule has 2 aliphatic rings. The molecule has 0 radical (unpaired) electrons. The Labute approximate surface area is 260 Å². The summed E-state index contributed by atoms with van der Waals surface area (Å²) in [5, 5.41) is -0.292. The number of anilines is 1. The molecule has 2 fully saturated rings. The maximum atomic E-state index is 14.4. The van der Waals surface area contributed by atoms with Crippen LogP contribution >= 0.6 is 0 Å². The van der Waals surface area contributed by atoms with E-state index in [2.05, 4.69) is 28.7 Å². The Kier molecular flexibility index (Phi) is 9.28. The Bertz CT molecular complexity index is 1650. The number of halogens is 2. The van der Waals surface area contributed by atoms with Gasteiger partial charge < -0.3 is 9.64 Å². The van der Waals surface area contributed by atoms with Crippen molar-refractivity contribution in [2.24, 2.45) is 5.92 Å². The molecule has 1 saturated carbocycles. The predicted molar refractivity (Wildman–Crippen MR) is 161 cm³/mol. The molecule has 244 valence electrons. The van der Waals surface area contributed by atoms with Gasteiger partial charge in [-0.25, -0.2) is 18.4 Å². The van der Waals surface area contributed by atoms with Crippen LogP contribution in [-0.2, 0) is 21.4 Å². The number of nitrogens with zero attached hydrogens (tertiary/aromatic N) is 6. The number of fused-ring (bicyclic) bond motifs is 1. The largest absolute Gasteiger partial charge is 0.497 e. The zero-order valence-corrected chi connectivity index (χ0v) is 26.5. The van der Waals surface area contributed by atoms with Crippen molar-refractivity contribution in [3.8, 4) is 5.75 Å². The quantitative estimate of drug-likeness (QED) is 0.300. The minimum Gasteiger partial charge on any atom is -0.497 e. The lowest BCUT2D eigenvalue weighted by Gasteiger charge is -2.36. The molecule has 3 heterocycles. The van der Waals surface area contributed by atoms with Crippen LogP contribution in [0.25, 0.3) is 5.52 Å². The number of imidazole rings is 1. The number of alkyl halides is 2. The van der Waals surface area contributed by atoms with Crippen LogP contribution in [0.3, 0.4) is 0 Å². The number of carbonyl (C=O) groups excluding carboxylic acids is 2. The van der Waals surface area contributed by atoms with Gasteiger partial charge in [0.2, 0.25) is 5.82 Å². The van der Waals surface area contributed by atoms with Gasteiger partial charge in [-0.15, -0.1) is 0 Å². The predicted octanol–water partition coefficient (Wildman–Crippen LogP) is 2.29. The van der Waals surface area contributed by atoms with Gasteiger partial charge in [-0.05, 0) is 43.4 Å². The molecule has 0 bridgehead atoms. The molecule has 1 aromatic carbocycles. The van der Waals surface area contributed by atoms with Gasteiger partial charge in [0.15, 0.2) is 10.8 Å². The van der Waals surface area contributed by atoms with Crippen LogP contribution in [0.4, 0.5) is 14.6 Å². The third kappa shape index (κ3) is 7.02. The summed E-state index contributed by atoms with van der Waals surface area (Å²) in [7, 11) is -2.69. The fourth-order valence-corrected chi connectivity index (χ4v) is 7.12. The Hall–Kier alpha value is -3.89. The number of carbonyl (C=O) groups is 2. The second kappa shape index (κ2) is 12.8. The molecule has 0 atom stereocenters. The van der Waals surface area contributed by atoms with Crippen LogP contribution < -0.4 is 20.5 Å². The molecular formula is C29H38F2N8O5S. The van der Waals surface area contributed by atoms with Crippen molar-refractivity contribution in [3.05, 3.63) is 48.0 Å². The van der Waals surface area contributed by atoms with Crippen molar-refractivity contribution in [2.75, 3.05) is 44.7 Å². The third-order valence-corrected chi connectivity index (χ3v) is 9.97. The molecule has 13 nitrogen and oxygen atoms in total. The van der Waals surface area contributed by atoms with E-state index in [1.807, 2.05) is 17.2 Å². The van der Waals surface area contributed by atoms with E-state index < -0.39 is 33.8 Å². The average molecular weight is 649 g/mol. The van der Waals surface area contributed by atoms with Crippen LogP contribution in [0.5, 0.6) is 5.75 Å². The van der Waals surface area contributed by atoms with E-state index in [9.17, 15) is 26.8 Å². The van der Waals surface area contributed by atoms with E-state index in [0.717, 1.165) is 25.2 Å². The van der Waals surface area contributed by atoms with Crippen molar-refractivity contribution in [3.63, 3.8) is 0 Å². The zero-order valence-electron chi connectivity index (χ0n) is 25.7. The fourth-order valence-electron chi connectivity index (χ4n) is 5.38. The number of rotatable bonds is 11. The van der Waals surface area contributed by atoms with Gasteiger partial charge >= 0.3 is 18.2 Å². The summed E-state index contributed by atoms with van der Waals surface area (Å²) in [6.45, 7) is 9.75. The summed E-state index contributed by atoms with van der Waals surface area (Å²) in [6.07, 6.45) is 0.577. The number of hydrazine groups is 1. The molecule has 2 N–H and O–H groups in total. The van der Waals surface area contributed by atoms with Crippen molar-refractivity contribution in [2.45, 2.75) is 57.1 Å². The summed E-state index contributed by atoms with van der Waals surface area (Å²) in [4.78, 5) is 37.5. The molecule has 1 aliphatic heterocycles. The molecule has 2 amide bonds. The molecule has 5 rings (SSSR count). The SMILES string of the molecule is COc1ccc(CN(C2(C)CC2)S(=O)(=O)c2cn3c(C(=O)NNC(=O)C(F)F)ncc3c(N3CCN(CC(C)C)CC3)n2)cc1. The molecule has 1 aliphatic carbocycles. The summed E-state index contributed by atoms with van der Waals surface area (Å²) < 4.78 is 62.2. The molecular weight excluding hydrogens is 610 g/mol. The maximum absolute atomic E-state index is 14.4. The number of hydrogen-bond donors (Lipinski definition) is 2. The smallest absolute Gasteiger partial charge is 0.317 e. The number of sulfonamides is 1. The van der Waals surface area contributed by atoms with Crippen molar-refractivity contribution in [1.82, 2.24) is 34.4 Å². The highest BCUT2D eigenvalue weighted by atomic mass is 32.2. The Morgan fingerprint density at radius 1 is 1.09 bits per heavy atom. The molecule has 0 spiro atoms. The van der Waals surface area contributed by atoms with Crippen molar-refractivity contribution >= 4 is 33.2 Å². The number of aromatic nitrogens is 3. The second-order valence-corrected chi connectivity index (χ2v) is 13.8. The monoisotopic (exact) mass is 648 g/mol. The second-order valence-electron chi connectivity index (χ2n) is 12.0. The van der Waals surface area contributed by atoms with Crippen LogP contribution in [0, 0.1) is 5.92 Å². The Balaban J connectivity index is 1.55. The number of amides is 2. The molecule has 16 heteroatoms. The number of nitrogens with one attached hydrogen (secondary N) is 2. The maximum Gasteiger partial charge on any atom is 0.317 e. The van der Waals surface area contributed by atoms with Crippen LogP contribution in [0.1, 0.15) is 49.8 Å². The Morgan fingerprint density at radius 3 is 2.33 bits per heavy atom. The Morgan fingerprint density at radius 2 is 1.76 bits per heavy atom. The summed E-state index contributed by atoms with van der Waals surface area (Å²) in [5.41, 5.74) is 4.06.